The van der Waals surface area contributed by atoms with Crippen LogP contribution in [0.2, 0.25) is 0 Å². The van der Waals surface area contributed by atoms with Crippen molar-refractivity contribution in [2.45, 2.75) is 19.9 Å². The van der Waals surface area contributed by atoms with Gasteiger partial charge in [0, 0.05) is 20.1 Å². The predicted molar refractivity (Wildman–Crippen MR) is 70.7 cm³/mol. The Labute approximate surface area is 107 Å². The second kappa shape index (κ2) is 4.94. The quantitative estimate of drug-likeness (QED) is 0.822. The van der Waals surface area contributed by atoms with Gasteiger partial charge in [0.05, 0.1) is 11.1 Å². The minimum absolute atomic E-state index is 0.116. The van der Waals surface area contributed by atoms with E-state index in [1.54, 1.807) is 13.1 Å². The van der Waals surface area contributed by atoms with Crippen LogP contribution >= 0.6 is 0 Å². The average molecular weight is 248 g/mol. The van der Waals surface area contributed by atoms with E-state index in [1.807, 2.05) is 19.1 Å². The van der Waals surface area contributed by atoms with E-state index in [0.29, 0.717) is 5.82 Å². The Bertz CT molecular complexity index is 448. The van der Waals surface area contributed by atoms with Gasteiger partial charge in [0.15, 0.2) is 0 Å². The van der Waals surface area contributed by atoms with Crippen LogP contribution in [0.15, 0.2) is 18.2 Å². The molecule has 1 aliphatic rings. The number of nitrogens with zero attached hydrogens (tertiary/aromatic N) is 2. The minimum atomic E-state index is -0.283. The fourth-order valence-electron chi connectivity index (χ4n) is 2.49. The van der Waals surface area contributed by atoms with Crippen molar-refractivity contribution < 1.29 is 4.79 Å². The lowest BCUT2D eigenvalue weighted by Gasteiger charge is -2.22. The van der Waals surface area contributed by atoms with Gasteiger partial charge in [0.1, 0.15) is 5.82 Å². The molecule has 2 heterocycles. The maximum Gasteiger partial charge on any atom is 0.227 e. The Morgan fingerprint density at radius 1 is 1.61 bits per heavy atom. The van der Waals surface area contributed by atoms with E-state index < -0.39 is 0 Å². The fraction of sp³-hybridized carbons (Fsp3) is 0.538. The predicted octanol–water partition coefficient (Wildman–Crippen LogP) is 0.622. The van der Waals surface area contributed by atoms with E-state index in [9.17, 15) is 4.79 Å². The highest BCUT2D eigenvalue weighted by Crippen LogP contribution is 2.30. The van der Waals surface area contributed by atoms with Gasteiger partial charge in [-0.15, -0.1) is 0 Å². The molecule has 98 valence electrons. The van der Waals surface area contributed by atoms with Crippen molar-refractivity contribution in [3.05, 3.63) is 23.9 Å². The van der Waals surface area contributed by atoms with E-state index in [-0.39, 0.29) is 11.3 Å². The van der Waals surface area contributed by atoms with Crippen LogP contribution in [0.25, 0.3) is 0 Å². The number of carbonyl (C=O) groups is 1. The third kappa shape index (κ3) is 2.61. The van der Waals surface area contributed by atoms with Crippen LogP contribution < -0.4 is 11.1 Å². The Morgan fingerprint density at radius 3 is 3.06 bits per heavy atom. The summed E-state index contributed by atoms with van der Waals surface area (Å²) in [6.07, 6.45) is 0.884. The molecule has 1 atom stereocenters. The van der Waals surface area contributed by atoms with Crippen LogP contribution in [-0.4, -0.2) is 35.9 Å². The molecule has 0 spiro atoms. The molecule has 1 aromatic heterocycles. The summed E-state index contributed by atoms with van der Waals surface area (Å²) in [5, 5.41) is 2.74. The summed E-state index contributed by atoms with van der Waals surface area (Å²) in [7, 11) is 1.69. The van der Waals surface area contributed by atoms with Gasteiger partial charge in [-0.05, 0) is 32.0 Å². The number of rotatable bonds is 3. The highest BCUT2D eigenvalue weighted by atomic mass is 16.2. The van der Waals surface area contributed by atoms with Crippen molar-refractivity contribution in [2.24, 2.45) is 5.41 Å². The number of aromatic nitrogens is 1. The van der Waals surface area contributed by atoms with Crippen LogP contribution in [0.3, 0.4) is 0 Å². The molecule has 1 aliphatic heterocycles. The first kappa shape index (κ1) is 12.8. The Morgan fingerprint density at radius 2 is 2.39 bits per heavy atom. The summed E-state index contributed by atoms with van der Waals surface area (Å²) in [6, 6.07) is 5.65. The van der Waals surface area contributed by atoms with E-state index in [1.165, 1.54) is 0 Å². The molecule has 1 unspecified atom stereocenters. The normalized spacial score (nSPS) is 24.1. The van der Waals surface area contributed by atoms with Crippen molar-refractivity contribution in [1.29, 1.82) is 0 Å². The topological polar surface area (TPSA) is 71.2 Å². The number of nitrogens with two attached hydrogens (primary N) is 1. The van der Waals surface area contributed by atoms with Crippen molar-refractivity contribution >= 4 is 11.7 Å². The zero-order valence-corrected chi connectivity index (χ0v) is 10.9. The molecule has 0 aliphatic carbocycles. The Kier molecular flexibility index (Phi) is 3.52. The van der Waals surface area contributed by atoms with Gasteiger partial charge in [-0.3, -0.25) is 9.69 Å². The lowest BCUT2D eigenvalue weighted by atomic mass is 9.89. The highest BCUT2D eigenvalue weighted by molar-refractivity contribution is 5.82. The lowest BCUT2D eigenvalue weighted by molar-refractivity contribution is -0.129. The summed E-state index contributed by atoms with van der Waals surface area (Å²) in [5.41, 5.74) is 6.33. The van der Waals surface area contributed by atoms with Crippen molar-refractivity contribution in [3.63, 3.8) is 0 Å². The molecule has 3 N–H and O–H groups in total. The highest BCUT2D eigenvalue weighted by Gasteiger charge is 2.39. The number of amides is 1. The van der Waals surface area contributed by atoms with Crippen LogP contribution in [0.5, 0.6) is 0 Å². The van der Waals surface area contributed by atoms with Crippen molar-refractivity contribution in [3.8, 4) is 0 Å². The number of anilines is 1. The number of hydrogen-bond acceptors (Lipinski definition) is 4. The first-order chi connectivity index (χ1) is 8.53. The molecular formula is C13H20N4O. The third-order valence-corrected chi connectivity index (χ3v) is 3.54. The number of carbonyl (C=O) groups excluding carboxylic acids is 1. The lowest BCUT2D eigenvalue weighted by Crippen LogP contribution is -2.39. The number of pyridine rings is 1. The van der Waals surface area contributed by atoms with Gasteiger partial charge in [-0.2, -0.15) is 0 Å². The maximum absolute atomic E-state index is 11.8. The molecule has 1 fully saturated rings. The minimum Gasteiger partial charge on any atom is -0.384 e. The van der Waals surface area contributed by atoms with Gasteiger partial charge in [0.2, 0.25) is 5.91 Å². The van der Waals surface area contributed by atoms with E-state index in [2.05, 4.69) is 15.2 Å². The zero-order valence-electron chi connectivity index (χ0n) is 10.9. The molecule has 5 nitrogen and oxygen atoms in total. The molecule has 1 amide bonds. The van der Waals surface area contributed by atoms with Gasteiger partial charge >= 0.3 is 0 Å². The molecule has 0 bridgehead atoms. The molecule has 1 aromatic rings. The number of nitrogen functional groups attached to an aromatic ring is 1. The van der Waals surface area contributed by atoms with Crippen molar-refractivity contribution in [1.82, 2.24) is 15.2 Å². The Balaban J connectivity index is 2.00. The van der Waals surface area contributed by atoms with Crippen LogP contribution in [0, 0.1) is 5.41 Å². The molecule has 1 saturated heterocycles. The monoisotopic (exact) mass is 248 g/mol. The SMILES string of the molecule is CNC(=O)C1(C)CCN(Cc2cccc(N)n2)C1. The van der Waals surface area contributed by atoms with Gasteiger partial charge < -0.3 is 11.1 Å². The first-order valence-electron chi connectivity index (χ1n) is 6.19. The molecule has 5 heteroatoms. The third-order valence-electron chi connectivity index (χ3n) is 3.54. The zero-order chi connectivity index (χ0) is 13.2. The summed E-state index contributed by atoms with van der Waals surface area (Å²) in [6.45, 7) is 4.44. The summed E-state index contributed by atoms with van der Waals surface area (Å²) < 4.78 is 0. The largest absolute Gasteiger partial charge is 0.384 e. The molecule has 0 radical (unpaired) electrons. The van der Waals surface area contributed by atoms with Crippen LogP contribution in [0.1, 0.15) is 19.0 Å². The first-order valence-corrected chi connectivity index (χ1v) is 6.19. The van der Waals surface area contributed by atoms with Gasteiger partial charge in [0.25, 0.3) is 0 Å². The van der Waals surface area contributed by atoms with Gasteiger partial charge in [-0.25, -0.2) is 4.98 Å². The standard InChI is InChI=1S/C13H20N4O/c1-13(12(18)15-2)6-7-17(9-13)8-10-4-3-5-11(14)16-10/h3-5H,6-9H2,1-2H3,(H2,14,16)(H,15,18). The summed E-state index contributed by atoms with van der Waals surface area (Å²) >= 11 is 0. The van der Waals surface area contributed by atoms with Crippen LogP contribution in [-0.2, 0) is 11.3 Å². The van der Waals surface area contributed by atoms with E-state index in [0.717, 1.165) is 31.7 Å². The molecule has 2 rings (SSSR count). The Hall–Kier alpha value is -1.62. The molecule has 0 saturated carbocycles. The average Bonchev–Trinajstić information content (AvgIpc) is 2.71. The number of likely N-dealkylation sites (tertiary alicyclic amines) is 1. The second-order valence-electron chi connectivity index (χ2n) is 5.15. The van der Waals surface area contributed by atoms with Gasteiger partial charge in [-0.1, -0.05) is 6.07 Å². The molecule has 0 aromatic carbocycles. The molecule has 18 heavy (non-hydrogen) atoms. The van der Waals surface area contributed by atoms with Crippen molar-refractivity contribution in [2.75, 3.05) is 25.9 Å². The van der Waals surface area contributed by atoms with Crippen LogP contribution in [0.4, 0.5) is 5.82 Å². The summed E-state index contributed by atoms with van der Waals surface area (Å²) in [4.78, 5) is 18.3. The molecular weight excluding hydrogens is 228 g/mol. The maximum atomic E-state index is 11.8. The summed E-state index contributed by atoms with van der Waals surface area (Å²) in [5.74, 6) is 0.659. The van der Waals surface area contributed by atoms with E-state index >= 15 is 0 Å². The van der Waals surface area contributed by atoms with E-state index in [4.69, 9.17) is 5.73 Å². The number of hydrogen-bond donors (Lipinski definition) is 2. The second-order valence-corrected chi connectivity index (χ2v) is 5.15. The number of nitrogens with one attached hydrogen (secondary N) is 1. The smallest absolute Gasteiger partial charge is 0.227 e. The fourth-order valence-corrected chi connectivity index (χ4v) is 2.49.